The Morgan fingerprint density at radius 1 is 1.58 bits per heavy atom. The van der Waals surface area contributed by atoms with Crippen molar-refractivity contribution in [3.05, 3.63) is 42.0 Å². The minimum Gasteiger partial charge on any atom is -0.398 e. The molecule has 0 unspecified atom stereocenters. The number of nitriles is 1. The van der Waals surface area contributed by atoms with E-state index >= 15 is 0 Å². The van der Waals surface area contributed by atoms with E-state index in [1.807, 2.05) is 13.0 Å². The molecule has 0 bridgehead atoms. The van der Waals surface area contributed by atoms with Gasteiger partial charge in [0, 0.05) is 23.8 Å². The number of imidazole rings is 1. The first kappa shape index (κ1) is 12.6. The first-order valence-corrected chi connectivity index (χ1v) is 5.68. The summed E-state index contributed by atoms with van der Waals surface area (Å²) in [4.78, 5) is 15.7. The molecule has 0 radical (unpaired) electrons. The summed E-state index contributed by atoms with van der Waals surface area (Å²) in [6, 6.07) is 7.24. The van der Waals surface area contributed by atoms with E-state index in [4.69, 9.17) is 11.0 Å². The summed E-state index contributed by atoms with van der Waals surface area (Å²) in [5, 5.41) is 11.6. The van der Waals surface area contributed by atoms with E-state index in [1.165, 1.54) is 10.8 Å². The Hall–Kier alpha value is -2.81. The second kappa shape index (κ2) is 5.23. The lowest BCUT2D eigenvalue weighted by Crippen LogP contribution is -2.20. The summed E-state index contributed by atoms with van der Waals surface area (Å²) in [5.41, 5.74) is 7.88. The first-order chi connectivity index (χ1) is 9.11. The number of aromatic nitrogens is 2. The summed E-state index contributed by atoms with van der Waals surface area (Å²) >= 11 is 0. The van der Waals surface area contributed by atoms with Crippen LogP contribution in [0.25, 0.3) is 0 Å². The fourth-order valence-electron chi connectivity index (χ4n) is 1.68. The van der Waals surface area contributed by atoms with Crippen LogP contribution < -0.4 is 11.1 Å². The Labute approximate surface area is 110 Å². The number of anilines is 2. The van der Waals surface area contributed by atoms with Crippen molar-refractivity contribution in [2.24, 2.45) is 0 Å². The molecule has 1 aromatic carbocycles. The molecule has 1 heterocycles. The van der Waals surface area contributed by atoms with Gasteiger partial charge in [-0.1, -0.05) is 6.07 Å². The molecule has 6 nitrogen and oxygen atoms in total. The fourth-order valence-corrected chi connectivity index (χ4v) is 1.68. The van der Waals surface area contributed by atoms with Crippen molar-refractivity contribution in [1.82, 2.24) is 9.55 Å². The van der Waals surface area contributed by atoms with Crippen molar-refractivity contribution in [1.29, 1.82) is 5.26 Å². The monoisotopic (exact) mass is 255 g/mol. The van der Waals surface area contributed by atoms with E-state index in [0.29, 0.717) is 11.4 Å². The van der Waals surface area contributed by atoms with Crippen LogP contribution in [0.5, 0.6) is 0 Å². The van der Waals surface area contributed by atoms with Crippen LogP contribution in [0, 0.1) is 18.3 Å². The number of hydrogen-bond donors (Lipinski definition) is 2. The molecule has 19 heavy (non-hydrogen) atoms. The molecule has 0 spiro atoms. The van der Waals surface area contributed by atoms with E-state index in [2.05, 4.69) is 10.3 Å². The van der Waals surface area contributed by atoms with Gasteiger partial charge in [0.25, 0.3) is 0 Å². The van der Waals surface area contributed by atoms with Gasteiger partial charge in [-0.25, -0.2) is 4.98 Å². The summed E-state index contributed by atoms with van der Waals surface area (Å²) in [7, 11) is 0. The second-order valence-corrected chi connectivity index (χ2v) is 4.06. The van der Waals surface area contributed by atoms with Crippen LogP contribution in [0.3, 0.4) is 0 Å². The third kappa shape index (κ3) is 2.72. The van der Waals surface area contributed by atoms with Crippen LogP contribution in [0.2, 0.25) is 0 Å². The Kier molecular flexibility index (Phi) is 3.48. The number of carbonyl (C=O) groups is 1. The van der Waals surface area contributed by atoms with Crippen LogP contribution >= 0.6 is 0 Å². The zero-order valence-electron chi connectivity index (χ0n) is 10.4. The average Bonchev–Trinajstić information content (AvgIpc) is 2.82. The van der Waals surface area contributed by atoms with Crippen LogP contribution in [0.4, 0.5) is 11.4 Å². The fraction of sp³-hybridized carbons (Fsp3) is 0.154. The Morgan fingerprint density at radius 3 is 3.11 bits per heavy atom. The van der Waals surface area contributed by atoms with E-state index < -0.39 is 0 Å². The maximum atomic E-state index is 11.9. The van der Waals surface area contributed by atoms with Gasteiger partial charge in [-0.15, -0.1) is 0 Å². The molecule has 0 fully saturated rings. The topological polar surface area (TPSA) is 96.7 Å². The lowest BCUT2D eigenvalue weighted by molar-refractivity contribution is -0.116. The normalized spacial score (nSPS) is 9.89. The molecule has 3 N–H and O–H groups in total. The van der Waals surface area contributed by atoms with Gasteiger partial charge in [-0.05, 0) is 24.6 Å². The smallest absolute Gasteiger partial charge is 0.244 e. The zero-order chi connectivity index (χ0) is 13.8. The summed E-state index contributed by atoms with van der Waals surface area (Å²) in [6.45, 7) is 1.88. The number of carbonyl (C=O) groups excluding carboxylic acids is 1. The number of nitrogen functional groups attached to an aromatic ring is 1. The van der Waals surface area contributed by atoms with Crippen molar-refractivity contribution in [2.45, 2.75) is 13.5 Å². The standard InChI is InChI=1S/C13H13N5O/c1-9-10(15)3-2-4-11(9)17-13(19)8-18-6-5-16-12(18)7-14/h2-6H,8,15H2,1H3,(H,17,19). The third-order valence-electron chi connectivity index (χ3n) is 2.78. The van der Waals surface area contributed by atoms with Gasteiger partial charge in [0.1, 0.15) is 12.6 Å². The highest BCUT2D eigenvalue weighted by Gasteiger charge is 2.09. The van der Waals surface area contributed by atoms with Gasteiger partial charge < -0.3 is 15.6 Å². The molecule has 0 atom stereocenters. The lowest BCUT2D eigenvalue weighted by atomic mass is 10.1. The molecule has 0 aliphatic heterocycles. The molecule has 0 aliphatic rings. The van der Waals surface area contributed by atoms with Crippen LogP contribution in [0.15, 0.2) is 30.6 Å². The van der Waals surface area contributed by atoms with Gasteiger partial charge >= 0.3 is 0 Å². The Morgan fingerprint density at radius 2 is 2.37 bits per heavy atom. The maximum absolute atomic E-state index is 11.9. The maximum Gasteiger partial charge on any atom is 0.244 e. The molecular weight excluding hydrogens is 242 g/mol. The Balaban J connectivity index is 2.10. The largest absolute Gasteiger partial charge is 0.398 e. The summed E-state index contributed by atoms with van der Waals surface area (Å²) < 4.78 is 1.48. The zero-order valence-corrected chi connectivity index (χ0v) is 10.4. The number of amides is 1. The van der Waals surface area contributed by atoms with E-state index in [-0.39, 0.29) is 18.3 Å². The number of rotatable bonds is 3. The number of nitrogens with zero attached hydrogens (tertiary/aromatic N) is 3. The number of nitrogens with one attached hydrogen (secondary N) is 1. The molecular formula is C13H13N5O. The Bertz CT molecular complexity index is 653. The van der Waals surface area contributed by atoms with Gasteiger partial charge in [0.05, 0.1) is 0 Å². The SMILES string of the molecule is Cc1c(N)cccc1NC(=O)Cn1ccnc1C#N. The summed E-state index contributed by atoms with van der Waals surface area (Å²) in [6.07, 6.45) is 3.07. The number of nitrogens with two attached hydrogens (primary N) is 1. The van der Waals surface area contributed by atoms with Crippen molar-refractivity contribution in [2.75, 3.05) is 11.1 Å². The number of hydrogen-bond acceptors (Lipinski definition) is 4. The second-order valence-electron chi connectivity index (χ2n) is 4.06. The first-order valence-electron chi connectivity index (χ1n) is 5.68. The molecule has 2 aromatic rings. The van der Waals surface area contributed by atoms with E-state index in [1.54, 1.807) is 24.4 Å². The quantitative estimate of drug-likeness (QED) is 0.807. The van der Waals surface area contributed by atoms with E-state index in [0.717, 1.165) is 5.56 Å². The predicted octanol–water partition coefficient (Wildman–Crippen LogP) is 1.28. The molecule has 96 valence electrons. The van der Waals surface area contributed by atoms with Crippen molar-refractivity contribution in [3.8, 4) is 6.07 Å². The van der Waals surface area contributed by atoms with Crippen molar-refractivity contribution >= 4 is 17.3 Å². The molecule has 0 saturated carbocycles. The molecule has 6 heteroatoms. The minimum atomic E-state index is -0.233. The average molecular weight is 255 g/mol. The molecule has 0 aliphatic carbocycles. The minimum absolute atomic E-state index is 0.0388. The van der Waals surface area contributed by atoms with Crippen molar-refractivity contribution < 1.29 is 4.79 Å². The van der Waals surface area contributed by atoms with Gasteiger partial charge in [-0.2, -0.15) is 5.26 Å². The highest BCUT2D eigenvalue weighted by Crippen LogP contribution is 2.20. The summed E-state index contributed by atoms with van der Waals surface area (Å²) in [5.74, 6) is -0.0253. The van der Waals surface area contributed by atoms with Gasteiger partial charge in [0.15, 0.2) is 0 Å². The molecule has 0 saturated heterocycles. The van der Waals surface area contributed by atoms with Gasteiger partial charge in [-0.3, -0.25) is 4.79 Å². The van der Waals surface area contributed by atoms with E-state index in [9.17, 15) is 4.79 Å². The molecule has 1 aromatic heterocycles. The van der Waals surface area contributed by atoms with Crippen LogP contribution in [-0.2, 0) is 11.3 Å². The third-order valence-corrected chi connectivity index (χ3v) is 2.78. The highest BCUT2D eigenvalue weighted by atomic mass is 16.1. The van der Waals surface area contributed by atoms with Crippen molar-refractivity contribution in [3.63, 3.8) is 0 Å². The highest BCUT2D eigenvalue weighted by molar-refractivity contribution is 5.92. The van der Waals surface area contributed by atoms with Gasteiger partial charge in [0.2, 0.25) is 11.7 Å². The molecule has 2 rings (SSSR count). The molecule has 1 amide bonds. The van der Waals surface area contributed by atoms with Crippen LogP contribution in [-0.4, -0.2) is 15.5 Å². The lowest BCUT2D eigenvalue weighted by Gasteiger charge is -2.10. The van der Waals surface area contributed by atoms with Crippen LogP contribution in [0.1, 0.15) is 11.4 Å². The predicted molar refractivity (Wildman–Crippen MR) is 71.2 cm³/mol. The number of benzene rings is 1.